The van der Waals surface area contributed by atoms with Gasteiger partial charge in [-0.2, -0.15) is 9.90 Å². The van der Waals surface area contributed by atoms with Gasteiger partial charge in [-0.15, -0.1) is 17.0 Å². The first-order valence-corrected chi connectivity index (χ1v) is 9.09. The molecule has 3 heteroatoms. The molecule has 0 aromatic heterocycles. The summed E-state index contributed by atoms with van der Waals surface area (Å²) in [5, 5.41) is 4.28. The number of hydrogen-bond donors (Lipinski definition) is 0. The fourth-order valence-corrected chi connectivity index (χ4v) is 5.83. The van der Waals surface area contributed by atoms with Crippen LogP contribution in [0.4, 0.5) is 0 Å². The molecule has 22 heavy (non-hydrogen) atoms. The number of rotatable bonds is 3. The average Bonchev–Trinajstić information content (AvgIpc) is 2.56. The molecule has 0 saturated heterocycles. The molecule has 3 aromatic carbocycles. The third-order valence-electron chi connectivity index (χ3n) is 3.82. The molecule has 0 aliphatic carbocycles. The lowest BCUT2D eigenvalue weighted by Crippen LogP contribution is -2.30. The molecule has 0 saturated carbocycles. The largest absolute Gasteiger partial charge is 0.153 e. The van der Waals surface area contributed by atoms with E-state index < -0.39 is 7.26 Å². The predicted octanol–water partition coefficient (Wildman–Crippen LogP) is 4.25. The Morgan fingerprint density at radius 2 is 0.727 bits per heavy atom. The molecule has 0 radical (unpaired) electrons. The van der Waals surface area contributed by atoms with Gasteiger partial charge in [0.1, 0.15) is 23.2 Å². The average molecular weight is 392 g/mol. The van der Waals surface area contributed by atoms with Gasteiger partial charge in [-0.1, -0.05) is 54.6 Å². The summed E-state index contributed by atoms with van der Waals surface area (Å²) in [5.41, 5.74) is 0. The van der Waals surface area contributed by atoms with E-state index in [9.17, 15) is 0 Å². The second kappa shape index (κ2) is 8.59. The van der Waals surface area contributed by atoms with Gasteiger partial charge in [-0.25, -0.2) is 0 Å². The first kappa shape index (κ1) is 19.0. The van der Waals surface area contributed by atoms with Crippen LogP contribution in [0.2, 0.25) is 0 Å². The van der Waals surface area contributed by atoms with E-state index in [4.69, 9.17) is 0 Å². The zero-order valence-corrected chi connectivity index (χ0v) is 16.7. The molecule has 0 fully saturated rings. The fraction of sp³-hybridized carbons (Fsp3) is 0.0526. The van der Waals surface area contributed by atoms with Gasteiger partial charge in [0.25, 0.3) is 0 Å². The van der Waals surface area contributed by atoms with E-state index in [0.29, 0.717) is 0 Å². The van der Waals surface area contributed by atoms with Crippen molar-refractivity contribution in [3.8, 4) is 0 Å². The van der Waals surface area contributed by atoms with Crippen LogP contribution in [0, 0.1) is 0 Å². The Bertz CT molecular complexity index is 573. The second-order valence-corrected chi connectivity index (χ2v) is 8.57. The Kier molecular flexibility index (Phi) is 7.43. The summed E-state index contributed by atoms with van der Waals surface area (Å²) in [6.07, 6.45) is 0. The molecule has 0 spiro atoms. The summed E-state index contributed by atoms with van der Waals surface area (Å²) in [4.78, 5) is 0. The Morgan fingerprint density at radius 1 is 0.500 bits per heavy atom. The van der Waals surface area contributed by atoms with E-state index in [-0.39, 0.29) is 26.9 Å². The summed E-state index contributed by atoms with van der Waals surface area (Å²) >= 11 is 0. The molecule has 114 valence electrons. The van der Waals surface area contributed by atoms with E-state index >= 15 is 0 Å². The Hall–Kier alpha value is -1.000. The van der Waals surface area contributed by atoms with E-state index in [2.05, 4.69) is 97.7 Å². The molecule has 0 aliphatic rings. The monoisotopic (exact) mass is 391 g/mol. The number of benzene rings is 3. The van der Waals surface area contributed by atoms with Crippen LogP contribution in [0.3, 0.4) is 0 Å². The van der Waals surface area contributed by atoms with Crippen LogP contribution in [-0.4, -0.2) is 6.66 Å². The van der Waals surface area contributed by atoms with Crippen LogP contribution < -0.4 is 15.9 Å². The molecular weight excluding hydrogens is 370 g/mol. The zero-order valence-electron chi connectivity index (χ0n) is 12.7. The maximum absolute atomic E-state index is 2.41. The highest BCUT2D eigenvalue weighted by molar-refractivity contribution is 8.93. The quantitative estimate of drug-likeness (QED) is 0.585. The predicted molar refractivity (Wildman–Crippen MR) is 112 cm³/mol. The summed E-state index contributed by atoms with van der Waals surface area (Å²) in [5.74, 6) is 0. The topological polar surface area (TPSA) is 0 Å². The summed E-state index contributed by atoms with van der Waals surface area (Å²) in [6, 6.07) is 32.6. The van der Waals surface area contributed by atoms with Gasteiger partial charge in [0.15, 0.2) is 0 Å². The molecule has 3 rings (SSSR count). The third-order valence-corrected chi connectivity index (χ3v) is 7.81. The second-order valence-electron chi connectivity index (χ2n) is 5.01. The summed E-state index contributed by atoms with van der Waals surface area (Å²) < 4.78 is 0. The van der Waals surface area contributed by atoms with Crippen molar-refractivity contribution in [2.24, 2.45) is 0 Å². The van der Waals surface area contributed by atoms with Crippen molar-refractivity contribution in [1.82, 2.24) is 0 Å². The van der Waals surface area contributed by atoms with Crippen LogP contribution in [0.15, 0.2) is 91.0 Å². The van der Waals surface area contributed by atoms with Crippen LogP contribution in [0.1, 0.15) is 0 Å². The molecule has 0 N–H and O–H groups in total. The Labute approximate surface area is 147 Å². The molecular formula is C19H22BrP2+. The minimum atomic E-state index is -1.53. The summed E-state index contributed by atoms with van der Waals surface area (Å²) in [7, 11) is -1.53. The van der Waals surface area contributed by atoms with Crippen molar-refractivity contribution in [3.05, 3.63) is 91.0 Å². The lowest BCUT2D eigenvalue weighted by molar-refractivity contribution is 1.72. The van der Waals surface area contributed by atoms with Crippen molar-refractivity contribution < 1.29 is 0 Å². The van der Waals surface area contributed by atoms with Crippen LogP contribution in [-0.2, 0) is 0 Å². The smallest absolute Gasteiger partial charge is 0.109 e. The maximum Gasteiger partial charge on any atom is 0.109 e. The highest BCUT2D eigenvalue weighted by Crippen LogP contribution is 2.51. The highest BCUT2D eigenvalue weighted by atomic mass is 79.9. The number of hydrogen-bond acceptors (Lipinski definition) is 0. The van der Waals surface area contributed by atoms with Crippen molar-refractivity contribution >= 4 is 50.1 Å². The van der Waals surface area contributed by atoms with Crippen LogP contribution >= 0.6 is 34.1 Å². The first-order valence-electron chi connectivity index (χ1n) is 6.85. The van der Waals surface area contributed by atoms with E-state index in [0.717, 1.165) is 0 Å². The molecule has 3 aromatic rings. The van der Waals surface area contributed by atoms with Gasteiger partial charge in [-0.3, -0.25) is 0 Å². The minimum absolute atomic E-state index is 0. The van der Waals surface area contributed by atoms with Crippen molar-refractivity contribution in [2.45, 2.75) is 0 Å². The van der Waals surface area contributed by atoms with Gasteiger partial charge in [0.2, 0.25) is 0 Å². The lowest BCUT2D eigenvalue weighted by Gasteiger charge is -2.22. The Morgan fingerprint density at radius 3 is 0.955 bits per heavy atom. The summed E-state index contributed by atoms with van der Waals surface area (Å²) in [6.45, 7) is 2.41. The third kappa shape index (κ3) is 3.66. The fourth-order valence-electron chi connectivity index (χ4n) is 2.63. The van der Waals surface area contributed by atoms with Gasteiger partial charge in [0, 0.05) is 0 Å². The highest BCUT2D eigenvalue weighted by Gasteiger charge is 2.39. The first-order chi connectivity index (χ1) is 9.82. The molecule has 0 bridgehead atoms. The van der Waals surface area contributed by atoms with Crippen LogP contribution in [0.25, 0.3) is 0 Å². The van der Waals surface area contributed by atoms with Crippen LogP contribution in [0.5, 0.6) is 0 Å². The van der Waals surface area contributed by atoms with Crippen molar-refractivity contribution in [1.29, 1.82) is 0 Å². The van der Waals surface area contributed by atoms with Gasteiger partial charge >= 0.3 is 0 Å². The molecule has 0 aliphatic heterocycles. The van der Waals surface area contributed by atoms with Gasteiger partial charge < -0.3 is 0 Å². The van der Waals surface area contributed by atoms with E-state index in [1.54, 1.807) is 0 Å². The standard InChI is InChI=1S/C19H18P.BrH.H3P/c1-20(17-11-5-2-6-12-17,18-13-7-3-8-14-18)19-15-9-4-10-16-19;;/h2-16H,1H3;1H;1H3/q+1;;. The SMILES string of the molecule is Br.C[P+](c1ccccc1)(c1ccccc1)c1ccccc1.P. The molecule has 0 amide bonds. The zero-order chi connectivity index (χ0) is 13.8. The molecule has 0 heterocycles. The maximum atomic E-state index is 2.41. The normalized spacial score (nSPS) is 10.2. The van der Waals surface area contributed by atoms with E-state index in [1.165, 1.54) is 15.9 Å². The van der Waals surface area contributed by atoms with E-state index in [1.807, 2.05) is 0 Å². The van der Waals surface area contributed by atoms with Crippen molar-refractivity contribution in [2.75, 3.05) is 6.66 Å². The molecule has 0 nitrogen and oxygen atoms in total. The molecule has 1 atom stereocenters. The lowest BCUT2D eigenvalue weighted by atomic mass is 10.4. The Balaban J connectivity index is 0.00000121. The van der Waals surface area contributed by atoms with Crippen molar-refractivity contribution in [3.63, 3.8) is 0 Å². The van der Waals surface area contributed by atoms with Gasteiger partial charge in [0.05, 0.1) is 6.66 Å². The number of halogens is 1. The molecule has 1 unspecified atom stereocenters. The van der Waals surface area contributed by atoms with Gasteiger partial charge in [-0.05, 0) is 36.4 Å². The minimum Gasteiger partial charge on any atom is -0.153 e.